The second kappa shape index (κ2) is 11.3. The van der Waals surface area contributed by atoms with E-state index in [1.54, 1.807) is 50.4 Å². The highest BCUT2D eigenvalue weighted by Gasteiger charge is 2.41. The van der Waals surface area contributed by atoms with Crippen molar-refractivity contribution in [3.8, 4) is 0 Å². The fourth-order valence-corrected chi connectivity index (χ4v) is 4.47. The number of amides is 3. The second-order valence-electron chi connectivity index (χ2n) is 9.21. The maximum absolute atomic E-state index is 14.1. The van der Waals surface area contributed by atoms with Gasteiger partial charge >= 0.3 is 0 Å². The van der Waals surface area contributed by atoms with Crippen LogP contribution in [0.1, 0.15) is 35.2 Å². The van der Waals surface area contributed by atoms with Crippen molar-refractivity contribution in [1.29, 1.82) is 0 Å². The first-order valence-electron chi connectivity index (χ1n) is 12.3. The van der Waals surface area contributed by atoms with Gasteiger partial charge in [-0.05, 0) is 61.3 Å². The van der Waals surface area contributed by atoms with Gasteiger partial charge in [0.05, 0.1) is 6.04 Å². The quantitative estimate of drug-likeness (QED) is 0.441. The van der Waals surface area contributed by atoms with Gasteiger partial charge in [-0.3, -0.25) is 19.3 Å². The molecule has 1 aliphatic rings. The molecular weight excluding hydrogens is 471 g/mol. The summed E-state index contributed by atoms with van der Waals surface area (Å²) in [6, 6.07) is 18.5. The standard InChI is InChI=1S/C29H31FN4O3/c1-18-13-14-23(30)15-22(18)17-32-28(36)25-16-21-11-7-8-12-24(21)34(25)29(37)26(20-9-5-4-6-10-20)33-27(35)19(2)31-3/h4-15,19,25-26,31H,16-17H2,1-3H3,(H,32,36)(H,33,35). The van der Waals surface area contributed by atoms with E-state index in [0.29, 0.717) is 23.2 Å². The van der Waals surface area contributed by atoms with Gasteiger partial charge in [-0.2, -0.15) is 0 Å². The van der Waals surface area contributed by atoms with E-state index in [4.69, 9.17) is 0 Å². The monoisotopic (exact) mass is 502 g/mol. The third kappa shape index (κ3) is 5.70. The van der Waals surface area contributed by atoms with Crippen molar-refractivity contribution in [3.05, 3.63) is 101 Å². The highest BCUT2D eigenvalue weighted by atomic mass is 19.1. The Bertz CT molecular complexity index is 1300. The Labute approximate surface area is 216 Å². The molecule has 3 atom stereocenters. The average Bonchev–Trinajstić information content (AvgIpc) is 3.31. The van der Waals surface area contributed by atoms with Crippen LogP contribution in [0.2, 0.25) is 0 Å². The number of likely N-dealkylation sites (N-methyl/N-ethyl adjacent to an activating group) is 1. The highest BCUT2D eigenvalue weighted by molar-refractivity contribution is 6.07. The Hall–Kier alpha value is -4.04. The second-order valence-corrected chi connectivity index (χ2v) is 9.21. The number of anilines is 1. The molecule has 3 N–H and O–H groups in total. The number of nitrogens with zero attached hydrogens (tertiary/aromatic N) is 1. The zero-order valence-electron chi connectivity index (χ0n) is 21.1. The first kappa shape index (κ1) is 26.0. The summed E-state index contributed by atoms with van der Waals surface area (Å²) in [5.74, 6) is -1.47. The lowest BCUT2D eigenvalue weighted by molar-refractivity contribution is -0.130. The molecule has 0 saturated heterocycles. The van der Waals surface area contributed by atoms with Crippen LogP contribution in [0.3, 0.4) is 0 Å². The third-order valence-electron chi connectivity index (χ3n) is 6.77. The molecule has 1 aliphatic heterocycles. The number of benzene rings is 3. The fourth-order valence-electron chi connectivity index (χ4n) is 4.47. The molecule has 0 radical (unpaired) electrons. The van der Waals surface area contributed by atoms with Crippen LogP contribution in [0.25, 0.3) is 0 Å². The topological polar surface area (TPSA) is 90.5 Å². The Morgan fingerprint density at radius 2 is 1.73 bits per heavy atom. The van der Waals surface area contributed by atoms with Crippen LogP contribution in [0.5, 0.6) is 0 Å². The van der Waals surface area contributed by atoms with Gasteiger partial charge in [-0.15, -0.1) is 0 Å². The SMILES string of the molecule is CNC(C)C(=O)NC(C(=O)N1c2ccccc2CC1C(=O)NCc1cc(F)ccc1C)c1ccccc1. The molecule has 7 nitrogen and oxygen atoms in total. The summed E-state index contributed by atoms with van der Waals surface area (Å²) in [5.41, 5.74) is 3.63. The molecular formula is C29H31FN4O3. The normalized spacial score (nSPS) is 16.0. The molecule has 3 aromatic rings. The zero-order valence-corrected chi connectivity index (χ0v) is 21.1. The molecule has 0 aliphatic carbocycles. The predicted octanol–water partition coefficient (Wildman–Crippen LogP) is 3.17. The largest absolute Gasteiger partial charge is 0.350 e. The fraction of sp³-hybridized carbons (Fsp3) is 0.276. The van der Waals surface area contributed by atoms with Crippen molar-refractivity contribution in [3.63, 3.8) is 0 Å². The predicted molar refractivity (Wildman–Crippen MR) is 140 cm³/mol. The van der Waals surface area contributed by atoms with Crippen molar-refractivity contribution in [2.75, 3.05) is 11.9 Å². The van der Waals surface area contributed by atoms with Gasteiger partial charge in [-0.25, -0.2) is 4.39 Å². The van der Waals surface area contributed by atoms with Gasteiger partial charge in [-0.1, -0.05) is 54.6 Å². The molecule has 0 bridgehead atoms. The van der Waals surface area contributed by atoms with E-state index in [0.717, 1.165) is 11.1 Å². The number of aryl methyl sites for hydroxylation is 1. The summed E-state index contributed by atoms with van der Waals surface area (Å²) in [7, 11) is 1.67. The summed E-state index contributed by atoms with van der Waals surface area (Å²) in [6.45, 7) is 3.69. The summed E-state index contributed by atoms with van der Waals surface area (Å²) in [5, 5.41) is 8.62. The number of carbonyl (C=O) groups excluding carboxylic acids is 3. The molecule has 0 aromatic heterocycles. The van der Waals surface area contributed by atoms with Gasteiger partial charge in [0.2, 0.25) is 11.8 Å². The first-order valence-corrected chi connectivity index (χ1v) is 12.3. The van der Waals surface area contributed by atoms with Crippen molar-refractivity contribution in [1.82, 2.24) is 16.0 Å². The number of halogens is 1. The first-order chi connectivity index (χ1) is 17.8. The van der Waals surface area contributed by atoms with Crippen LogP contribution in [0.15, 0.2) is 72.8 Å². The number of hydrogen-bond donors (Lipinski definition) is 3. The molecule has 0 spiro atoms. The van der Waals surface area contributed by atoms with E-state index in [1.807, 2.05) is 31.2 Å². The van der Waals surface area contributed by atoms with Crippen LogP contribution in [-0.4, -0.2) is 36.9 Å². The minimum absolute atomic E-state index is 0.135. The number of rotatable bonds is 8. The number of nitrogens with one attached hydrogen (secondary N) is 3. The minimum Gasteiger partial charge on any atom is -0.350 e. The van der Waals surface area contributed by atoms with Crippen LogP contribution >= 0.6 is 0 Å². The number of para-hydroxylation sites is 1. The Morgan fingerprint density at radius 1 is 1.03 bits per heavy atom. The number of fused-ring (bicyclic) bond motifs is 1. The molecule has 37 heavy (non-hydrogen) atoms. The lowest BCUT2D eigenvalue weighted by atomic mass is 10.0. The molecule has 4 rings (SSSR count). The summed E-state index contributed by atoms with van der Waals surface area (Å²) in [6.07, 6.45) is 0.332. The number of carbonyl (C=O) groups is 3. The molecule has 0 fully saturated rings. The highest BCUT2D eigenvalue weighted by Crippen LogP contribution is 2.34. The van der Waals surface area contributed by atoms with Crippen LogP contribution in [0, 0.1) is 12.7 Å². The zero-order chi connectivity index (χ0) is 26.5. The lowest BCUT2D eigenvalue weighted by Crippen LogP contribution is -2.53. The summed E-state index contributed by atoms with van der Waals surface area (Å²) in [4.78, 5) is 41.8. The Morgan fingerprint density at radius 3 is 2.46 bits per heavy atom. The number of hydrogen-bond acceptors (Lipinski definition) is 4. The Balaban J connectivity index is 1.64. The molecule has 3 unspecified atom stereocenters. The third-order valence-corrected chi connectivity index (χ3v) is 6.77. The van der Waals surface area contributed by atoms with Gasteiger partial charge < -0.3 is 16.0 Å². The summed E-state index contributed by atoms with van der Waals surface area (Å²) < 4.78 is 13.8. The van der Waals surface area contributed by atoms with Crippen LogP contribution < -0.4 is 20.9 Å². The molecule has 3 aromatic carbocycles. The van der Waals surface area contributed by atoms with Gasteiger partial charge in [0, 0.05) is 18.7 Å². The van der Waals surface area contributed by atoms with Gasteiger partial charge in [0.15, 0.2) is 0 Å². The summed E-state index contributed by atoms with van der Waals surface area (Å²) >= 11 is 0. The van der Waals surface area contributed by atoms with Gasteiger partial charge in [0.25, 0.3) is 5.91 Å². The average molecular weight is 503 g/mol. The van der Waals surface area contributed by atoms with E-state index in [1.165, 1.54) is 17.0 Å². The van der Waals surface area contributed by atoms with Crippen molar-refractivity contribution < 1.29 is 18.8 Å². The van der Waals surface area contributed by atoms with Crippen LogP contribution in [-0.2, 0) is 27.3 Å². The maximum atomic E-state index is 14.1. The van der Waals surface area contributed by atoms with E-state index >= 15 is 0 Å². The van der Waals surface area contributed by atoms with Crippen molar-refractivity contribution >= 4 is 23.4 Å². The smallest absolute Gasteiger partial charge is 0.254 e. The molecule has 0 saturated carbocycles. The lowest BCUT2D eigenvalue weighted by Gasteiger charge is -2.30. The molecule has 3 amide bonds. The van der Waals surface area contributed by atoms with Crippen molar-refractivity contribution in [2.24, 2.45) is 0 Å². The molecule has 192 valence electrons. The van der Waals surface area contributed by atoms with Crippen LogP contribution in [0.4, 0.5) is 10.1 Å². The maximum Gasteiger partial charge on any atom is 0.254 e. The van der Waals surface area contributed by atoms with E-state index in [9.17, 15) is 18.8 Å². The van der Waals surface area contributed by atoms with Gasteiger partial charge in [0.1, 0.15) is 17.9 Å². The molecule has 1 heterocycles. The van der Waals surface area contributed by atoms with Crippen molar-refractivity contribution in [2.45, 2.75) is 44.9 Å². The van der Waals surface area contributed by atoms with E-state index < -0.39 is 24.0 Å². The van der Waals surface area contributed by atoms with E-state index in [2.05, 4.69) is 16.0 Å². The minimum atomic E-state index is -0.989. The Kier molecular flexibility index (Phi) is 7.98. The van der Waals surface area contributed by atoms with E-state index in [-0.39, 0.29) is 24.2 Å². The molecule has 8 heteroatoms.